The summed E-state index contributed by atoms with van der Waals surface area (Å²) < 4.78 is 0. The number of hydrogen-bond acceptors (Lipinski definition) is 1. The van der Waals surface area contributed by atoms with Gasteiger partial charge in [0.2, 0.25) is 0 Å². The van der Waals surface area contributed by atoms with E-state index in [1.54, 1.807) is 11.1 Å². The second kappa shape index (κ2) is 11.8. The zero-order valence-electron chi connectivity index (χ0n) is 13.0. The molecule has 0 bridgehead atoms. The van der Waals surface area contributed by atoms with Gasteiger partial charge in [-0.3, -0.25) is 0 Å². The van der Waals surface area contributed by atoms with Gasteiger partial charge in [0.1, 0.15) is 0 Å². The molecule has 0 aromatic carbocycles. The number of allylic oxidation sites excluding steroid dienone is 4. The van der Waals surface area contributed by atoms with Crippen LogP contribution in [0.1, 0.15) is 54.9 Å². The molecule has 0 unspecified atom stereocenters. The van der Waals surface area contributed by atoms with Crippen molar-refractivity contribution in [2.24, 2.45) is 0 Å². The minimum atomic E-state index is 0. The zero-order chi connectivity index (χ0) is 12.2. The molecule has 0 spiro atoms. The topological polar surface area (TPSA) is 12.0 Å². The van der Waals surface area contributed by atoms with Gasteiger partial charge in [0.05, 0.1) is 10.4 Å². The summed E-state index contributed by atoms with van der Waals surface area (Å²) in [5.41, 5.74) is 6.46. The summed E-state index contributed by atoms with van der Waals surface area (Å²) in [4.78, 5) is 3.24. The van der Waals surface area contributed by atoms with Crippen LogP contribution in [0.5, 0.6) is 0 Å². The molecule has 1 aliphatic carbocycles. The summed E-state index contributed by atoms with van der Waals surface area (Å²) in [6, 6.07) is 0. The van der Waals surface area contributed by atoms with Gasteiger partial charge in [-0.15, -0.1) is 0 Å². The summed E-state index contributed by atoms with van der Waals surface area (Å²) >= 11 is 0. The molecule has 1 rings (SSSR count). The summed E-state index contributed by atoms with van der Waals surface area (Å²) in [6.45, 7) is 15.4. The summed E-state index contributed by atoms with van der Waals surface area (Å²) in [5.74, 6) is 0. The maximum Gasteiger partial charge on any atom is 2.00 e. The number of halogens is 2. The summed E-state index contributed by atoms with van der Waals surface area (Å²) in [7, 11) is 1.10. The zero-order valence-corrected chi connectivity index (χ0v) is 18.0. The Morgan fingerprint density at radius 3 is 1.17 bits per heavy atom. The van der Waals surface area contributed by atoms with Crippen LogP contribution in [-0.4, -0.2) is 15.9 Å². The van der Waals surface area contributed by atoms with Crippen LogP contribution in [-0.2, 0) is 21.7 Å². The normalized spacial score (nSPS) is 14.2. The fraction of sp³-hybridized carbons (Fsp3) is 0.692. The van der Waals surface area contributed by atoms with E-state index in [-0.39, 0.29) is 46.5 Å². The minimum Gasteiger partial charge on any atom is -1.00 e. The Bertz CT molecular complexity index is 272. The molecule has 0 aliphatic heterocycles. The molecule has 106 valence electrons. The average molecular weight is 344 g/mol. The molecular formula is C13H27Cl2NSiTi. The fourth-order valence-electron chi connectivity index (χ4n) is 1.30. The van der Waals surface area contributed by atoms with Crippen LogP contribution < -0.4 is 29.8 Å². The van der Waals surface area contributed by atoms with Crippen LogP contribution in [0.2, 0.25) is 0 Å². The smallest absolute Gasteiger partial charge is 1.00 e. The SMILES string of the molecule is CC(C)(C)N[SiH3].CC1=C(C)C(C)=C(C)C1.[Cl-].[Cl-].[Ti+2]. The molecular weight excluding hydrogens is 317 g/mol. The van der Waals surface area contributed by atoms with Crippen LogP contribution in [0.25, 0.3) is 0 Å². The van der Waals surface area contributed by atoms with E-state index in [0.717, 1.165) is 10.4 Å². The standard InChI is InChI=1S/C9H14.C4H13NSi.2ClH.Ti/c1-6-5-7(2)9(4)8(6)3;1-4(2,3)5-6;;;/h5H2,1-4H3;5H,1-3,6H3;2*1H;/q;;;;+2/p-2. The molecule has 0 heterocycles. The maximum absolute atomic E-state index is 3.24. The van der Waals surface area contributed by atoms with Crippen LogP contribution in [0, 0.1) is 0 Å². The van der Waals surface area contributed by atoms with E-state index >= 15 is 0 Å². The van der Waals surface area contributed by atoms with Gasteiger partial charge < -0.3 is 29.8 Å². The first kappa shape index (κ1) is 27.3. The average Bonchev–Trinajstić information content (AvgIpc) is 2.33. The van der Waals surface area contributed by atoms with E-state index in [4.69, 9.17) is 0 Å². The number of nitrogens with one attached hydrogen (secondary N) is 1. The van der Waals surface area contributed by atoms with Crippen LogP contribution in [0.4, 0.5) is 0 Å². The van der Waals surface area contributed by atoms with E-state index in [2.05, 4.69) is 53.4 Å². The van der Waals surface area contributed by atoms with Gasteiger partial charge in [0, 0.05) is 5.54 Å². The maximum atomic E-state index is 3.24. The van der Waals surface area contributed by atoms with Crippen molar-refractivity contribution in [1.29, 1.82) is 0 Å². The van der Waals surface area contributed by atoms with Gasteiger partial charge in [0.25, 0.3) is 0 Å². The molecule has 18 heavy (non-hydrogen) atoms. The van der Waals surface area contributed by atoms with E-state index < -0.39 is 0 Å². The van der Waals surface area contributed by atoms with Gasteiger partial charge in [-0.25, -0.2) is 0 Å². The van der Waals surface area contributed by atoms with Crippen molar-refractivity contribution < 1.29 is 46.5 Å². The Morgan fingerprint density at radius 1 is 0.889 bits per heavy atom. The van der Waals surface area contributed by atoms with E-state index in [0.29, 0.717) is 5.54 Å². The second-order valence-electron chi connectivity index (χ2n) is 5.49. The monoisotopic (exact) mass is 343 g/mol. The number of hydrogen-bond donors (Lipinski definition) is 1. The molecule has 0 saturated carbocycles. The molecule has 1 aliphatic rings. The Labute approximate surface area is 144 Å². The quantitative estimate of drug-likeness (QED) is 0.455. The van der Waals surface area contributed by atoms with Gasteiger partial charge in [0.15, 0.2) is 0 Å². The summed E-state index contributed by atoms with van der Waals surface area (Å²) in [6.07, 6.45) is 1.21. The molecule has 0 amide bonds. The minimum absolute atomic E-state index is 0. The van der Waals surface area contributed by atoms with Gasteiger partial charge in [-0.2, -0.15) is 0 Å². The van der Waals surface area contributed by atoms with E-state index in [1.165, 1.54) is 17.6 Å². The molecule has 0 aromatic heterocycles. The van der Waals surface area contributed by atoms with Gasteiger partial charge in [-0.05, 0) is 66.0 Å². The van der Waals surface area contributed by atoms with Crippen molar-refractivity contribution in [2.45, 2.75) is 60.4 Å². The Hall–Kier alpha value is 0.951. The molecule has 0 atom stereocenters. The summed E-state index contributed by atoms with van der Waals surface area (Å²) in [5, 5.41) is 0. The first-order valence-electron chi connectivity index (χ1n) is 5.71. The van der Waals surface area contributed by atoms with Crippen LogP contribution >= 0.6 is 0 Å². The van der Waals surface area contributed by atoms with Crippen molar-refractivity contribution in [3.8, 4) is 0 Å². The third kappa shape index (κ3) is 10.8. The first-order chi connectivity index (χ1) is 6.69. The second-order valence-corrected chi connectivity index (χ2v) is 5.99. The van der Waals surface area contributed by atoms with E-state index in [1.807, 2.05) is 0 Å². The fourth-order valence-corrected chi connectivity index (χ4v) is 1.30. The third-order valence-electron chi connectivity index (χ3n) is 3.12. The van der Waals surface area contributed by atoms with Crippen molar-refractivity contribution in [2.75, 3.05) is 0 Å². The largest absolute Gasteiger partial charge is 2.00 e. The van der Waals surface area contributed by atoms with Gasteiger partial charge >= 0.3 is 21.7 Å². The molecule has 0 saturated heterocycles. The molecule has 0 aromatic rings. The first-order valence-corrected chi connectivity index (χ1v) is 6.71. The molecule has 1 N–H and O–H groups in total. The molecule has 1 nitrogen and oxygen atoms in total. The Kier molecular flexibility index (Phi) is 17.8. The molecule has 0 radical (unpaired) electrons. The molecule has 5 heteroatoms. The van der Waals surface area contributed by atoms with Crippen LogP contribution in [0.3, 0.4) is 0 Å². The number of rotatable bonds is 0. The van der Waals surface area contributed by atoms with Crippen molar-refractivity contribution in [3.63, 3.8) is 0 Å². The predicted octanol–water partition coefficient (Wildman–Crippen LogP) is -3.28. The van der Waals surface area contributed by atoms with Crippen molar-refractivity contribution in [3.05, 3.63) is 22.3 Å². The molecule has 0 fully saturated rings. The predicted molar refractivity (Wildman–Crippen MR) is 74.2 cm³/mol. The van der Waals surface area contributed by atoms with Crippen molar-refractivity contribution >= 4 is 10.4 Å². The Balaban J connectivity index is -0.0000000992. The van der Waals surface area contributed by atoms with Crippen LogP contribution in [0.15, 0.2) is 22.3 Å². The Morgan fingerprint density at radius 2 is 1.11 bits per heavy atom. The third-order valence-corrected chi connectivity index (χ3v) is 4.62. The van der Waals surface area contributed by atoms with Gasteiger partial charge in [-0.1, -0.05) is 11.1 Å². The van der Waals surface area contributed by atoms with E-state index in [9.17, 15) is 0 Å². The van der Waals surface area contributed by atoms with Crippen molar-refractivity contribution in [1.82, 2.24) is 4.98 Å².